The molecule has 0 fully saturated rings. The Labute approximate surface area is 119 Å². The van der Waals surface area contributed by atoms with Gasteiger partial charge in [-0.15, -0.1) is 11.3 Å². The summed E-state index contributed by atoms with van der Waals surface area (Å²) in [7, 11) is 0. The second-order valence-electron chi connectivity index (χ2n) is 6.11. The maximum atomic E-state index is 4.72. The molecule has 3 heteroatoms. The number of thiazole rings is 1. The second kappa shape index (κ2) is 5.43. The van der Waals surface area contributed by atoms with Crippen LogP contribution in [0.4, 0.5) is 0 Å². The number of aryl methyl sites for hydroxylation is 2. The molecule has 0 bridgehead atoms. The van der Waals surface area contributed by atoms with Crippen LogP contribution < -0.4 is 5.32 Å². The van der Waals surface area contributed by atoms with Crippen LogP contribution in [0.2, 0.25) is 0 Å². The van der Waals surface area contributed by atoms with E-state index in [0.29, 0.717) is 0 Å². The topological polar surface area (TPSA) is 24.9 Å². The Morgan fingerprint density at radius 3 is 2.32 bits per heavy atom. The maximum Gasteiger partial charge on any atom is 0.107 e. The first-order valence-corrected chi connectivity index (χ1v) is 7.49. The van der Waals surface area contributed by atoms with E-state index in [0.717, 1.165) is 17.2 Å². The number of rotatable bonds is 3. The van der Waals surface area contributed by atoms with Crippen molar-refractivity contribution in [1.82, 2.24) is 10.3 Å². The first kappa shape index (κ1) is 14.2. The number of nitrogens with one attached hydrogen (secondary N) is 1. The summed E-state index contributed by atoms with van der Waals surface area (Å²) < 4.78 is 0. The Bertz CT molecular complexity index is 544. The minimum absolute atomic E-state index is 0.131. The number of nitrogens with zero attached hydrogens (tertiary/aromatic N) is 1. The molecule has 0 unspecified atom stereocenters. The van der Waals surface area contributed by atoms with Crippen LogP contribution in [0.15, 0.2) is 23.6 Å². The van der Waals surface area contributed by atoms with E-state index in [1.54, 1.807) is 11.3 Å². The van der Waals surface area contributed by atoms with Crippen molar-refractivity contribution in [2.24, 2.45) is 0 Å². The van der Waals surface area contributed by atoms with E-state index >= 15 is 0 Å². The molecule has 0 aliphatic heterocycles. The van der Waals surface area contributed by atoms with Gasteiger partial charge in [-0.2, -0.15) is 0 Å². The largest absolute Gasteiger partial charge is 0.306 e. The minimum atomic E-state index is 0.131. The standard InChI is InChI=1S/C16H22N2S/c1-11-6-12(2)8-13(7-11)14-10-19-15(18-14)9-17-16(3,4)5/h6-8,10,17H,9H2,1-5H3. The number of hydrogen-bond acceptors (Lipinski definition) is 3. The molecule has 2 aromatic rings. The summed E-state index contributed by atoms with van der Waals surface area (Å²) in [6.07, 6.45) is 0. The molecule has 0 atom stereocenters. The van der Waals surface area contributed by atoms with Crippen molar-refractivity contribution in [1.29, 1.82) is 0 Å². The second-order valence-corrected chi connectivity index (χ2v) is 7.05. The summed E-state index contributed by atoms with van der Waals surface area (Å²) in [6.45, 7) is 11.6. The highest BCUT2D eigenvalue weighted by atomic mass is 32.1. The fraction of sp³-hybridized carbons (Fsp3) is 0.438. The summed E-state index contributed by atoms with van der Waals surface area (Å²) in [5, 5.41) is 6.76. The molecule has 1 aromatic heterocycles. The van der Waals surface area contributed by atoms with Crippen LogP contribution in [0.5, 0.6) is 0 Å². The zero-order chi connectivity index (χ0) is 14.0. The normalized spacial score (nSPS) is 11.8. The van der Waals surface area contributed by atoms with Crippen LogP contribution in [-0.2, 0) is 6.54 Å². The van der Waals surface area contributed by atoms with E-state index in [-0.39, 0.29) is 5.54 Å². The average molecular weight is 274 g/mol. The van der Waals surface area contributed by atoms with Gasteiger partial charge in [0, 0.05) is 23.0 Å². The average Bonchev–Trinajstić information content (AvgIpc) is 2.72. The highest BCUT2D eigenvalue weighted by Gasteiger charge is 2.11. The Hall–Kier alpha value is -1.19. The molecule has 0 aliphatic carbocycles. The Morgan fingerprint density at radius 1 is 1.11 bits per heavy atom. The smallest absolute Gasteiger partial charge is 0.107 e. The van der Waals surface area contributed by atoms with Crippen LogP contribution >= 0.6 is 11.3 Å². The van der Waals surface area contributed by atoms with Crippen molar-refractivity contribution in [3.63, 3.8) is 0 Å². The summed E-state index contributed by atoms with van der Waals surface area (Å²) in [5.74, 6) is 0. The zero-order valence-electron chi connectivity index (χ0n) is 12.4. The zero-order valence-corrected chi connectivity index (χ0v) is 13.2. The van der Waals surface area contributed by atoms with Crippen LogP contribution in [0.25, 0.3) is 11.3 Å². The van der Waals surface area contributed by atoms with Gasteiger partial charge in [0.05, 0.1) is 5.69 Å². The summed E-state index contributed by atoms with van der Waals surface area (Å²) in [4.78, 5) is 4.72. The van der Waals surface area contributed by atoms with Gasteiger partial charge >= 0.3 is 0 Å². The molecule has 1 N–H and O–H groups in total. The lowest BCUT2D eigenvalue weighted by Gasteiger charge is -2.19. The SMILES string of the molecule is Cc1cc(C)cc(-c2csc(CNC(C)(C)C)n2)c1. The van der Waals surface area contributed by atoms with E-state index in [2.05, 4.69) is 63.5 Å². The minimum Gasteiger partial charge on any atom is -0.306 e. The van der Waals surface area contributed by atoms with Crippen molar-refractivity contribution < 1.29 is 0 Å². The summed E-state index contributed by atoms with van der Waals surface area (Å²) in [5.41, 5.74) is 5.01. The van der Waals surface area contributed by atoms with Crippen LogP contribution in [0, 0.1) is 13.8 Å². The fourth-order valence-electron chi connectivity index (χ4n) is 1.99. The van der Waals surface area contributed by atoms with Crippen molar-refractivity contribution in [3.05, 3.63) is 39.7 Å². The lowest BCUT2D eigenvalue weighted by Crippen LogP contribution is -2.34. The highest BCUT2D eigenvalue weighted by molar-refractivity contribution is 7.09. The predicted octanol–water partition coefficient (Wildman–Crippen LogP) is 4.32. The molecule has 1 aromatic carbocycles. The predicted molar refractivity (Wildman–Crippen MR) is 83.6 cm³/mol. The van der Waals surface area contributed by atoms with Gasteiger partial charge in [-0.3, -0.25) is 0 Å². The van der Waals surface area contributed by atoms with Gasteiger partial charge in [0.15, 0.2) is 0 Å². The maximum absolute atomic E-state index is 4.72. The van der Waals surface area contributed by atoms with Gasteiger partial charge in [0.2, 0.25) is 0 Å². The van der Waals surface area contributed by atoms with Gasteiger partial charge in [-0.25, -0.2) is 4.98 Å². The van der Waals surface area contributed by atoms with E-state index in [1.165, 1.54) is 16.7 Å². The van der Waals surface area contributed by atoms with E-state index in [1.807, 2.05) is 0 Å². The molecule has 0 saturated heterocycles. The number of hydrogen-bond donors (Lipinski definition) is 1. The third-order valence-corrected chi connectivity index (χ3v) is 3.69. The summed E-state index contributed by atoms with van der Waals surface area (Å²) in [6, 6.07) is 6.59. The van der Waals surface area contributed by atoms with Gasteiger partial charge in [-0.05, 0) is 46.8 Å². The van der Waals surface area contributed by atoms with Crippen molar-refractivity contribution in [2.45, 2.75) is 46.7 Å². The molecule has 0 spiro atoms. The lowest BCUT2D eigenvalue weighted by atomic mass is 10.1. The fourth-order valence-corrected chi connectivity index (χ4v) is 2.73. The molecule has 0 saturated carbocycles. The summed E-state index contributed by atoms with van der Waals surface area (Å²) >= 11 is 1.72. The Balaban J connectivity index is 2.16. The molecule has 2 rings (SSSR count). The van der Waals surface area contributed by atoms with E-state index in [4.69, 9.17) is 4.98 Å². The van der Waals surface area contributed by atoms with Gasteiger partial charge in [0.25, 0.3) is 0 Å². The molecule has 0 aliphatic rings. The first-order chi connectivity index (χ1) is 8.83. The van der Waals surface area contributed by atoms with Crippen LogP contribution in [0.3, 0.4) is 0 Å². The number of aromatic nitrogens is 1. The monoisotopic (exact) mass is 274 g/mol. The Morgan fingerprint density at radius 2 is 1.74 bits per heavy atom. The molecular formula is C16H22N2S. The third kappa shape index (κ3) is 4.15. The van der Waals surface area contributed by atoms with Crippen LogP contribution in [-0.4, -0.2) is 10.5 Å². The molecule has 0 amide bonds. The molecular weight excluding hydrogens is 252 g/mol. The van der Waals surface area contributed by atoms with Crippen molar-refractivity contribution in [3.8, 4) is 11.3 Å². The molecule has 2 nitrogen and oxygen atoms in total. The molecule has 102 valence electrons. The van der Waals surface area contributed by atoms with Crippen molar-refractivity contribution >= 4 is 11.3 Å². The first-order valence-electron chi connectivity index (χ1n) is 6.61. The number of benzene rings is 1. The highest BCUT2D eigenvalue weighted by Crippen LogP contribution is 2.24. The van der Waals surface area contributed by atoms with Crippen molar-refractivity contribution in [2.75, 3.05) is 0 Å². The quantitative estimate of drug-likeness (QED) is 0.902. The Kier molecular flexibility index (Phi) is 4.07. The lowest BCUT2D eigenvalue weighted by molar-refractivity contribution is 0.424. The van der Waals surface area contributed by atoms with Gasteiger partial charge in [-0.1, -0.05) is 17.2 Å². The van der Waals surface area contributed by atoms with Gasteiger partial charge in [0.1, 0.15) is 5.01 Å². The van der Waals surface area contributed by atoms with Crippen LogP contribution in [0.1, 0.15) is 36.9 Å². The molecule has 19 heavy (non-hydrogen) atoms. The molecule has 0 radical (unpaired) electrons. The van der Waals surface area contributed by atoms with Gasteiger partial charge < -0.3 is 5.32 Å². The third-order valence-electron chi connectivity index (χ3n) is 2.84. The molecule has 1 heterocycles. The van der Waals surface area contributed by atoms with E-state index < -0.39 is 0 Å². The van der Waals surface area contributed by atoms with E-state index in [9.17, 15) is 0 Å².